The lowest BCUT2D eigenvalue weighted by Crippen LogP contribution is -2.21. The first-order valence-corrected chi connectivity index (χ1v) is 5.40. The fourth-order valence-electron chi connectivity index (χ4n) is 2.34. The lowest BCUT2D eigenvalue weighted by atomic mass is 10.0. The largest absolute Gasteiger partial charge is 0.317 e. The van der Waals surface area contributed by atoms with E-state index in [0.29, 0.717) is 12.0 Å². The molecule has 1 aliphatic rings. The zero-order valence-corrected chi connectivity index (χ0v) is 8.90. The number of hydrogen-bond acceptors (Lipinski definition) is 3. The molecule has 78 valence electrons. The number of aromatic nitrogens is 3. The topological polar surface area (TPSA) is 42.7 Å². The van der Waals surface area contributed by atoms with Gasteiger partial charge in [-0.05, 0) is 33.2 Å². The average Bonchev–Trinajstić information content (AvgIpc) is 2.85. The molecule has 4 nitrogen and oxygen atoms in total. The van der Waals surface area contributed by atoms with Gasteiger partial charge in [-0.25, -0.2) is 4.68 Å². The van der Waals surface area contributed by atoms with Crippen LogP contribution < -0.4 is 5.32 Å². The number of nitrogens with one attached hydrogen (secondary N) is 1. The van der Waals surface area contributed by atoms with E-state index in [0.717, 1.165) is 6.54 Å². The van der Waals surface area contributed by atoms with Crippen LogP contribution in [0.3, 0.4) is 0 Å². The summed E-state index contributed by atoms with van der Waals surface area (Å²) >= 11 is 0. The third kappa shape index (κ3) is 1.66. The summed E-state index contributed by atoms with van der Waals surface area (Å²) in [5.74, 6) is 0.655. The molecule has 2 unspecified atom stereocenters. The van der Waals surface area contributed by atoms with Gasteiger partial charge in [0.1, 0.15) is 0 Å². The Balaban J connectivity index is 2.09. The molecule has 0 spiro atoms. The highest BCUT2D eigenvalue weighted by atomic mass is 15.4. The van der Waals surface area contributed by atoms with E-state index in [4.69, 9.17) is 0 Å². The zero-order valence-electron chi connectivity index (χ0n) is 8.90. The first kappa shape index (κ1) is 9.65. The average molecular weight is 194 g/mol. The molecule has 14 heavy (non-hydrogen) atoms. The standard InChI is InChI=1S/C10H18N4/c1-3-14-10(7-12-13-14)8-4-5-9(6-8)11-2/h7-9,11H,3-6H2,1-2H3. The highest BCUT2D eigenvalue weighted by Crippen LogP contribution is 2.33. The molecule has 0 amide bonds. The summed E-state index contributed by atoms with van der Waals surface area (Å²) in [7, 11) is 2.04. The maximum atomic E-state index is 4.08. The predicted molar refractivity (Wildman–Crippen MR) is 55.1 cm³/mol. The molecule has 1 heterocycles. The highest BCUT2D eigenvalue weighted by Gasteiger charge is 2.27. The molecule has 1 aliphatic carbocycles. The third-order valence-corrected chi connectivity index (χ3v) is 3.21. The van der Waals surface area contributed by atoms with E-state index < -0.39 is 0 Å². The van der Waals surface area contributed by atoms with Gasteiger partial charge in [0.15, 0.2) is 0 Å². The van der Waals surface area contributed by atoms with Crippen LogP contribution in [0, 0.1) is 0 Å². The monoisotopic (exact) mass is 194 g/mol. The lowest BCUT2D eigenvalue weighted by molar-refractivity contribution is 0.536. The van der Waals surface area contributed by atoms with Gasteiger partial charge in [-0.2, -0.15) is 0 Å². The molecule has 0 aliphatic heterocycles. The van der Waals surface area contributed by atoms with Crippen molar-refractivity contribution in [2.75, 3.05) is 7.05 Å². The Labute approximate surface area is 84.7 Å². The van der Waals surface area contributed by atoms with E-state index in [1.807, 2.05) is 17.9 Å². The van der Waals surface area contributed by atoms with Gasteiger partial charge in [-0.1, -0.05) is 5.21 Å². The van der Waals surface area contributed by atoms with Crippen molar-refractivity contribution in [3.63, 3.8) is 0 Å². The van der Waals surface area contributed by atoms with Gasteiger partial charge in [0.05, 0.1) is 11.9 Å². The van der Waals surface area contributed by atoms with Crippen LogP contribution in [0.1, 0.15) is 37.8 Å². The molecule has 0 radical (unpaired) electrons. The van der Waals surface area contributed by atoms with Crippen LogP contribution in [0.15, 0.2) is 6.20 Å². The maximum Gasteiger partial charge on any atom is 0.0728 e. The van der Waals surface area contributed by atoms with Crippen LogP contribution in [-0.2, 0) is 6.54 Å². The van der Waals surface area contributed by atoms with Crippen molar-refractivity contribution in [3.8, 4) is 0 Å². The van der Waals surface area contributed by atoms with Gasteiger partial charge in [-0.3, -0.25) is 0 Å². The summed E-state index contributed by atoms with van der Waals surface area (Å²) in [5.41, 5.74) is 1.31. The molecule has 1 N–H and O–H groups in total. The van der Waals surface area contributed by atoms with Crippen LogP contribution in [0.5, 0.6) is 0 Å². The van der Waals surface area contributed by atoms with Crippen molar-refractivity contribution in [1.29, 1.82) is 0 Å². The Bertz CT molecular complexity index is 294. The summed E-state index contributed by atoms with van der Waals surface area (Å²) in [5, 5.41) is 11.4. The van der Waals surface area contributed by atoms with E-state index in [1.165, 1.54) is 25.0 Å². The number of rotatable bonds is 3. The van der Waals surface area contributed by atoms with E-state index in [-0.39, 0.29) is 0 Å². The van der Waals surface area contributed by atoms with Crippen molar-refractivity contribution in [2.24, 2.45) is 0 Å². The Hall–Kier alpha value is -0.900. The minimum Gasteiger partial charge on any atom is -0.317 e. The maximum absolute atomic E-state index is 4.08. The molecular weight excluding hydrogens is 176 g/mol. The fraction of sp³-hybridized carbons (Fsp3) is 0.800. The molecule has 0 saturated heterocycles. The van der Waals surface area contributed by atoms with Crippen molar-refractivity contribution in [2.45, 2.75) is 44.7 Å². The first-order chi connectivity index (χ1) is 6.85. The Kier molecular flexibility index (Phi) is 2.82. The van der Waals surface area contributed by atoms with E-state index >= 15 is 0 Å². The molecule has 0 bridgehead atoms. The van der Waals surface area contributed by atoms with Gasteiger partial charge in [0, 0.05) is 18.5 Å². The molecule has 1 aromatic rings. The molecule has 1 fully saturated rings. The number of aryl methyl sites for hydroxylation is 1. The Morgan fingerprint density at radius 2 is 2.43 bits per heavy atom. The molecule has 0 aromatic carbocycles. The molecule has 4 heteroatoms. The van der Waals surface area contributed by atoms with Gasteiger partial charge < -0.3 is 5.32 Å². The number of hydrogen-bond donors (Lipinski definition) is 1. The molecule has 1 aromatic heterocycles. The van der Waals surface area contributed by atoms with Gasteiger partial charge in [0.2, 0.25) is 0 Å². The van der Waals surface area contributed by atoms with Gasteiger partial charge in [0.25, 0.3) is 0 Å². The third-order valence-electron chi connectivity index (χ3n) is 3.21. The van der Waals surface area contributed by atoms with Crippen LogP contribution in [0.4, 0.5) is 0 Å². The molecular formula is C10H18N4. The van der Waals surface area contributed by atoms with Crippen molar-refractivity contribution < 1.29 is 0 Å². The second kappa shape index (κ2) is 4.09. The smallest absolute Gasteiger partial charge is 0.0728 e. The fourth-order valence-corrected chi connectivity index (χ4v) is 2.34. The van der Waals surface area contributed by atoms with E-state index in [1.54, 1.807) is 0 Å². The quantitative estimate of drug-likeness (QED) is 0.785. The second-order valence-electron chi connectivity index (χ2n) is 3.97. The van der Waals surface area contributed by atoms with Crippen LogP contribution in [0.2, 0.25) is 0 Å². The van der Waals surface area contributed by atoms with Crippen LogP contribution in [-0.4, -0.2) is 28.1 Å². The van der Waals surface area contributed by atoms with Gasteiger partial charge >= 0.3 is 0 Å². The van der Waals surface area contributed by atoms with Crippen molar-refractivity contribution in [3.05, 3.63) is 11.9 Å². The Morgan fingerprint density at radius 1 is 1.57 bits per heavy atom. The highest BCUT2D eigenvalue weighted by molar-refractivity contribution is 5.07. The summed E-state index contributed by atoms with van der Waals surface area (Å²) < 4.78 is 2.02. The summed E-state index contributed by atoms with van der Waals surface area (Å²) in [6.07, 6.45) is 5.69. The van der Waals surface area contributed by atoms with Crippen LogP contribution in [0.25, 0.3) is 0 Å². The van der Waals surface area contributed by atoms with Crippen molar-refractivity contribution in [1.82, 2.24) is 20.3 Å². The van der Waals surface area contributed by atoms with E-state index in [2.05, 4.69) is 22.6 Å². The van der Waals surface area contributed by atoms with Crippen LogP contribution >= 0.6 is 0 Å². The summed E-state index contributed by atoms with van der Waals surface area (Å²) in [6.45, 7) is 3.04. The predicted octanol–water partition coefficient (Wildman–Crippen LogP) is 1.15. The van der Waals surface area contributed by atoms with Gasteiger partial charge in [-0.15, -0.1) is 5.10 Å². The second-order valence-corrected chi connectivity index (χ2v) is 3.97. The Morgan fingerprint density at radius 3 is 3.07 bits per heavy atom. The summed E-state index contributed by atoms with van der Waals surface area (Å²) in [6, 6.07) is 0.681. The van der Waals surface area contributed by atoms with E-state index in [9.17, 15) is 0 Å². The first-order valence-electron chi connectivity index (χ1n) is 5.40. The summed E-state index contributed by atoms with van der Waals surface area (Å²) in [4.78, 5) is 0. The molecule has 2 rings (SSSR count). The normalized spacial score (nSPS) is 27.0. The molecule has 1 saturated carbocycles. The SMILES string of the molecule is CCn1nncc1C1CCC(NC)C1. The van der Waals surface area contributed by atoms with Crippen molar-refractivity contribution >= 4 is 0 Å². The lowest BCUT2D eigenvalue weighted by Gasteiger charge is -2.11. The number of nitrogens with zero attached hydrogens (tertiary/aromatic N) is 3. The zero-order chi connectivity index (χ0) is 9.97. The molecule has 2 atom stereocenters. The minimum absolute atomic E-state index is 0.655. The minimum atomic E-state index is 0.655.